The van der Waals surface area contributed by atoms with Crippen molar-refractivity contribution in [1.29, 1.82) is 0 Å². The number of nitrogens with zero attached hydrogens (tertiary/aromatic N) is 1. The molecule has 0 aliphatic carbocycles. The summed E-state index contributed by atoms with van der Waals surface area (Å²) in [6.07, 6.45) is -3.60. The van der Waals surface area contributed by atoms with Crippen molar-refractivity contribution in [2.24, 2.45) is 0 Å². The number of rotatable bonds is 2. The van der Waals surface area contributed by atoms with Crippen LogP contribution >= 0.6 is 0 Å². The topological polar surface area (TPSA) is 44.4 Å². The van der Waals surface area contributed by atoms with Crippen molar-refractivity contribution in [1.82, 2.24) is 10.2 Å². The standard InChI is InChI=1S/C14H16F3N3O.C2H6/c1-20-7-11-10(13(20)21)4-9(5-12(11)14(15,16)17)19-8-2-3-18-6-8;1-2/h4-5,8,18-19H,2-3,6-7H2,1H3;1-2H3. The maximum absolute atomic E-state index is 13.2. The summed E-state index contributed by atoms with van der Waals surface area (Å²) < 4.78 is 39.7. The zero-order valence-corrected chi connectivity index (χ0v) is 13.5. The van der Waals surface area contributed by atoms with Crippen LogP contribution in [0.3, 0.4) is 0 Å². The molecule has 2 aliphatic heterocycles. The van der Waals surface area contributed by atoms with Gasteiger partial charge in [0.2, 0.25) is 0 Å². The summed E-state index contributed by atoms with van der Waals surface area (Å²) in [5.74, 6) is -0.358. The number of carbonyl (C=O) groups excluding carboxylic acids is 1. The molecule has 1 amide bonds. The lowest BCUT2D eigenvalue weighted by molar-refractivity contribution is -0.138. The van der Waals surface area contributed by atoms with Crippen molar-refractivity contribution in [3.8, 4) is 0 Å². The number of fused-ring (bicyclic) bond motifs is 1. The Balaban J connectivity index is 0.000000924. The lowest BCUT2D eigenvalue weighted by Gasteiger charge is -2.17. The maximum Gasteiger partial charge on any atom is 0.416 e. The molecule has 4 nitrogen and oxygen atoms in total. The molecule has 1 saturated heterocycles. The fraction of sp³-hybridized carbons (Fsp3) is 0.562. The molecule has 0 radical (unpaired) electrons. The SMILES string of the molecule is CC.CN1Cc2c(cc(NC3CCNC3)cc2C(F)(F)F)C1=O. The van der Waals surface area contributed by atoms with Crippen molar-refractivity contribution in [2.75, 3.05) is 25.5 Å². The van der Waals surface area contributed by atoms with E-state index in [1.54, 1.807) is 0 Å². The minimum absolute atomic E-state index is 0.00821. The van der Waals surface area contributed by atoms with Gasteiger partial charge in [0.15, 0.2) is 0 Å². The third-order valence-corrected chi connectivity index (χ3v) is 3.96. The summed E-state index contributed by atoms with van der Waals surface area (Å²) >= 11 is 0. The van der Waals surface area contributed by atoms with Gasteiger partial charge in [0, 0.05) is 37.4 Å². The van der Waals surface area contributed by atoms with E-state index < -0.39 is 11.7 Å². The van der Waals surface area contributed by atoms with Gasteiger partial charge in [-0.15, -0.1) is 0 Å². The smallest absolute Gasteiger partial charge is 0.381 e. The Labute approximate surface area is 134 Å². The number of hydrogen-bond donors (Lipinski definition) is 2. The van der Waals surface area contributed by atoms with Gasteiger partial charge in [-0.25, -0.2) is 0 Å². The molecule has 1 atom stereocenters. The van der Waals surface area contributed by atoms with E-state index in [0.29, 0.717) is 12.2 Å². The van der Waals surface area contributed by atoms with Crippen molar-refractivity contribution in [2.45, 2.75) is 39.0 Å². The van der Waals surface area contributed by atoms with Crippen molar-refractivity contribution in [3.63, 3.8) is 0 Å². The Morgan fingerprint density at radius 3 is 2.57 bits per heavy atom. The van der Waals surface area contributed by atoms with E-state index in [1.807, 2.05) is 13.8 Å². The quantitative estimate of drug-likeness (QED) is 0.876. The van der Waals surface area contributed by atoms with Gasteiger partial charge in [0.25, 0.3) is 5.91 Å². The minimum Gasteiger partial charge on any atom is -0.381 e. The van der Waals surface area contributed by atoms with Gasteiger partial charge in [-0.05, 0) is 30.7 Å². The number of halogens is 3. The first-order valence-electron chi connectivity index (χ1n) is 7.83. The lowest BCUT2D eigenvalue weighted by Crippen LogP contribution is -2.23. The van der Waals surface area contributed by atoms with Crippen LogP contribution in [0.1, 0.15) is 41.8 Å². The van der Waals surface area contributed by atoms with Crippen molar-refractivity contribution < 1.29 is 18.0 Å². The minimum atomic E-state index is -4.46. The summed E-state index contributed by atoms with van der Waals surface area (Å²) in [4.78, 5) is 13.3. The van der Waals surface area contributed by atoms with Crippen LogP contribution in [0, 0.1) is 0 Å². The average molecular weight is 329 g/mol. The molecule has 2 heterocycles. The Bertz CT molecular complexity index is 581. The van der Waals surface area contributed by atoms with Gasteiger partial charge in [-0.1, -0.05) is 13.8 Å². The number of nitrogens with one attached hydrogen (secondary N) is 2. The van der Waals surface area contributed by atoms with E-state index in [-0.39, 0.29) is 29.6 Å². The van der Waals surface area contributed by atoms with Crippen LogP contribution in [0.2, 0.25) is 0 Å². The van der Waals surface area contributed by atoms with Crippen molar-refractivity contribution in [3.05, 3.63) is 28.8 Å². The number of benzene rings is 1. The predicted molar refractivity (Wildman–Crippen MR) is 83.5 cm³/mol. The van der Waals surface area contributed by atoms with Gasteiger partial charge in [-0.2, -0.15) is 13.2 Å². The first kappa shape index (κ1) is 17.6. The van der Waals surface area contributed by atoms with E-state index >= 15 is 0 Å². The fourth-order valence-electron chi connectivity index (χ4n) is 2.90. The van der Waals surface area contributed by atoms with Crippen LogP contribution in [0.25, 0.3) is 0 Å². The highest BCUT2D eigenvalue weighted by atomic mass is 19.4. The number of alkyl halides is 3. The fourth-order valence-corrected chi connectivity index (χ4v) is 2.90. The van der Waals surface area contributed by atoms with Crippen LogP contribution in [0.4, 0.5) is 18.9 Å². The lowest BCUT2D eigenvalue weighted by atomic mass is 10.0. The van der Waals surface area contributed by atoms with E-state index in [9.17, 15) is 18.0 Å². The first-order valence-corrected chi connectivity index (χ1v) is 7.83. The highest BCUT2D eigenvalue weighted by Crippen LogP contribution is 2.39. The van der Waals surface area contributed by atoms with Crippen LogP contribution < -0.4 is 10.6 Å². The van der Waals surface area contributed by atoms with E-state index in [0.717, 1.165) is 19.0 Å². The molecule has 1 aromatic carbocycles. The Morgan fingerprint density at radius 1 is 1.30 bits per heavy atom. The van der Waals surface area contributed by atoms with E-state index in [4.69, 9.17) is 0 Å². The largest absolute Gasteiger partial charge is 0.416 e. The zero-order chi connectivity index (χ0) is 17.2. The molecule has 1 aromatic rings. The predicted octanol–water partition coefficient (Wildman–Crippen LogP) is 3.09. The molecule has 2 aliphatic rings. The molecule has 128 valence electrons. The van der Waals surface area contributed by atoms with E-state index in [1.165, 1.54) is 18.0 Å². The van der Waals surface area contributed by atoms with Gasteiger partial charge in [-0.3, -0.25) is 4.79 Å². The first-order chi connectivity index (χ1) is 10.9. The third kappa shape index (κ3) is 3.60. The molecule has 7 heteroatoms. The summed E-state index contributed by atoms with van der Waals surface area (Å²) in [5, 5.41) is 6.23. The second kappa shape index (κ2) is 6.78. The van der Waals surface area contributed by atoms with Gasteiger partial charge >= 0.3 is 6.18 Å². The Kier molecular flexibility index (Phi) is 5.19. The highest BCUT2D eigenvalue weighted by molar-refractivity contribution is 5.99. The number of hydrogen-bond acceptors (Lipinski definition) is 3. The molecule has 2 N–H and O–H groups in total. The average Bonchev–Trinajstić information content (AvgIpc) is 3.10. The second-order valence-electron chi connectivity index (χ2n) is 5.54. The molecule has 3 rings (SSSR count). The maximum atomic E-state index is 13.2. The van der Waals surface area contributed by atoms with Gasteiger partial charge < -0.3 is 15.5 Å². The summed E-state index contributed by atoms with van der Waals surface area (Å²) in [5.41, 5.74) is -0.129. The van der Waals surface area contributed by atoms with Gasteiger partial charge in [0.1, 0.15) is 0 Å². The zero-order valence-electron chi connectivity index (χ0n) is 13.5. The summed E-state index contributed by atoms with van der Waals surface area (Å²) in [6.45, 7) is 5.57. The number of anilines is 1. The molecular formula is C16H22F3N3O. The molecule has 0 spiro atoms. The second-order valence-corrected chi connectivity index (χ2v) is 5.54. The molecule has 1 unspecified atom stereocenters. The monoisotopic (exact) mass is 329 g/mol. The summed E-state index contributed by atoms with van der Waals surface area (Å²) in [7, 11) is 1.51. The van der Waals surface area contributed by atoms with Crippen LogP contribution in [0.15, 0.2) is 12.1 Å². The van der Waals surface area contributed by atoms with Crippen LogP contribution in [-0.2, 0) is 12.7 Å². The number of carbonyl (C=O) groups is 1. The molecule has 0 aromatic heterocycles. The summed E-state index contributed by atoms with van der Waals surface area (Å²) in [6, 6.07) is 2.75. The molecule has 1 fully saturated rings. The number of amides is 1. The third-order valence-electron chi connectivity index (χ3n) is 3.96. The van der Waals surface area contributed by atoms with Crippen LogP contribution in [-0.4, -0.2) is 37.0 Å². The Hall–Kier alpha value is -1.76. The Morgan fingerprint density at radius 2 is 2.00 bits per heavy atom. The normalized spacial score (nSPS) is 20.2. The van der Waals surface area contributed by atoms with Crippen molar-refractivity contribution >= 4 is 11.6 Å². The van der Waals surface area contributed by atoms with E-state index in [2.05, 4.69) is 10.6 Å². The molecular weight excluding hydrogens is 307 g/mol. The molecule has 0 bridgehead atoms. The highest BCUT2D eigenvalue weighted by Gasteiger charge is 2.39. The van der Waals surface area contributed by atoms with Crippen LogP contribution in [0.5, 0.6) is 0 Å². The molecule has 23 heavy (non-hydrogen) atoms. The molecule has 0 saturated carbocycles. The van der Waals surface area contributed by atoms with Gasteiger partial charge in [0.05, 0.1) is 5.56 Å².